The zero-order chi connectivity index (χ0) is 12.0. The molecule has 0 amide bonds. The van der Waals surface area contributed by atoms with Crippen LogP contribution >= 0.6 is 0 Å². The lowest BCUT2D eigenvalue weighted by Gasteiger charge is -2.33. The Balaban J connectivity index is 1.94. The second kappa shape index (κ2) is 6.20. The average molecular weight is 231 g/mol. The molecule has 1 fully saturated rings. The maximum Gasteiger partial charge on any atom is 0.0182 e. The molecule has 0 aromatic heterocycles. The molecule has 1 heterocycles. The third-order valence-corrected chi connectivity index (χ3v) is 4.24. The number of benzene rings is 1. The van der Waals surface area contributed by atoms with Crippen molar-refractivity contribution in [2.24, 2.45) is 0 Å². The first kappa shape index (κ1) is 12.6. The quantitative estimate of drug-likeness (QED) is 0.828. The number of aryl methyl sites for hydroxylation is 1. The van der Waals surface area contributed by atoms with Crippen LogP contribution in [0.3, 0.4) is 0 Å². The molecular weight excluding hydrogens is 206 g/mol. The van der Waals surface area contributed by atoms with Crippen molar-refractivity contribution in [3.05, 3.63) is 35.9 Å². The lowest BCUT2D eigenvalue weighted by atomic mass is 9.85. The molecule has 1 nitrogen and oxygen atoms in total. The zero-order valence-corrected chi connectivity index (χ0v) is 11.0. The Bertz CT molecular complexity index is 310. The summed E-state index contributed by atoms with van der Waals surface area (Å²) in [6.45, 7) is 3.55. The minimum atomic E-state index is 0.409. The SMILES string of the molecule is CCC1(CCc2ccccc2)CCCCCN1. The van der Waals surface area contributed by atoms with E-state index in [-0.39, 0.29) is 0 Å². The van der Waals surface area contributed by atoms with Gasteiger partial charge in [-0.15, -0.1) is 0 Å². The predicted octanol–water partition coefficient (Wildman–Crippen LogP) is 3.93. The maximum absolute atomic E-state index is 3.82. The van der Waals surface area contributed by atoms with Crippen molar-refractivity contribution in [2.75, 3.05) is 6.54 Å². The van der Waals surface area contributed by atoms with E-state index in [1.54, 1.807) is 0 Å². The van der Waals surface area contributed by atoms with Crippen LogP contribution in [0.1, 0.15) is 51.0 Å². The highest BCUT2D eigenvalue weighted by Gasteiger charge is 2.27. The van der Waals surface area contributed by atoms with E-state index in [4.69, 9.17) is 0 Å². The fourth-order valence-corrected chi connectivity index (χ4v) is 2.93. The lowest BCUT2D eigenvalue weighted by Crippen LogP contribution is -2.44. The predicted molar refractivity (Wildman–Crippen MR) is 74.3 cm³/mol. The van der Waals surface area contributed by atoms with Crippen molar-refractivity contribution in [1.82, 2.24) is 5.32 Å². The second-order valence-electron chi connectivity index (χ2n) is 5.36. The van der Waals surface area contributed by atoms with Crippen LogP contribution < -0.4 is 5.32 Å². The molecule has 0 radical (unpaired) electrons. The van der Waals surface area contributed by atoms with Gasteiger partial charge in [0.25, 0.3) is 0 Å². The Labute approximate surface area is 106 Å². The molecular formula is C16H25N. The van der Waals surface area contributed by atoms with Crippen LogP contribution in [0.25, 0.3) is 0 Å². The third-order valence-electron chi connectivity index (χ3n) is 4.24. The van der Waals surface area contributed by atoms with Crippen LogP contribution in [0.5, 0.6) is 0 Å². The Morgan fingerprint density at radius 1 is 1.12 bits per heavy atom. The Kier molecular flexibility index (Phi) is 4.61. The molecule has 1 saturated heterocycles. The van der Waals surface area contributed by atoms with E-state index in [0.717, 1.165) is 0 Å². The average Bonchev–Trinajstić information content (AvgIpc) is 2.64. The van der Waals surface area contributed by atoms with E-state index in [2.05, 4.69) is 42.6 Å². The summed E-state index contributed by atoms with van der Waals surface area (Å²) in [6, 6.07) is 10.9. The molecule has 0 saturated carbocycles. The molecule has 1 aromatic rings. The van der Waals surface area contributed by atoms with E-state index < -0.39 is 0 Å². The van der Waals surface area contributed by atoms with Crippen molar-refractivity contribution in [3.63, 3.8) is 0 Å². The van der Waals surface area contributed by atoms with Crippen LogP contribution in [0, 0.1) is 0 Å². The summed E-state index contributed by atoms with van der Waals surface area (Å²) in [6.07, 6.45) is 9.27. The molecule has 1 aliphatic heterocycles. The van der Waals surface area contributed by atoms with Gasteiger partial charge < -0.3 is 5.32 Å². The molecule has 2 rings (SSSR count). The van der Waals surface area contributed by atoms with Crippen molar-refractivity contribution in [2.45, 2.75) is 57.4 Å². The zero-order valence-electron chi connectivity index (χ0n) is 11.0. The monoisotopic (exact) mass is 231 g/mol. The molecule has 1 unspecified atom stereocenters. The molecule has 1 aliphatic rings. The molecule has 1 heteroatoms. The first-order chi connectivity index (χ1) is 8.35. The Morgan fingerprint density at radius 3 is 2.71 bits per heavy atom. The van der Waals surface area contributed by atoms with Gasteiger partial charge in [0.1, 0.15) is 0 Å². The van der Waals surface area contributed by atoms with Crippen molar-refractivity contribution in [3.8, 4) is 0 Å². The van der Waals surface area contributed by atoms with Gasteiger partial charge in [0.05, 0.1) is 0 Å². The molecule has 17 heavy (non-hydrogen) atoms. The van der Waals surface area contributed by atoms with E-state index in [9.17, 15) is 0 Å². The molecule has 94 valence electrons. The van der Waals surface area contributed by atoms with E-state index >= 15 is 0 Å². The van der Waals surface area contributed by atoms with Crippen LogP contribution in [-0.2, 0) is 6.42 Å². The van der Waals surface area contributed by atoms with E-state index in [0.29, 0.717) is 5.54 Å². The topological polar surface area (TPSA) is 12.0 Å². The minimum absolute atomic E-state index is 0.409. The number of hydrogen-bond acceptors (Lipinski definition) is 1. The number of nitrogens with one attached hydrogen (secondary N) is 1. The minimum Gasteiger partial charge on any atom is -0.311 e. The summed E-state index contributed by atoms with van der Waals surface area (Å²) in [5.74, 6) is 0. The molecule has 1 atom stereocenters. The highest BCUT2D eigenvalue weighted by atomic mass is 15.0. The summed E-state index contributed by atoms with van der Waals surface area (Å²) < 4.78 is 0. The molecule has 1 aromatic carbocycles. The molecule has 0 bridgehead atoms. The summed E-state index contributed by atoms with van der Waals surface area (Å²) in [5, 5.41) is 3.82. The van der Waals surface area contributed by atoms with Crippen LogP contribution in [-0.4, -0.2) is 12.1 Å². The third kappa shape index (κ3) is 3.57. The summed E-state index contributed by atoms with van der Waals surface area (Å²) in [4.78, 5) is 0. The van der Waals surface area contributed by atoms with Gasteiger partial charge in [-0.05, 0) is 44.2 Å². The summed E-state index contributed by atoms with van der Waals surface area (Å²) in [7, 11) is 0. The fraction of sp³-hybridized carbons (Fsp3) is 0.625. The highest BCUT2D eigenvalue weighted by Crippen LogP contribution is 2.27. The van der Waals surface area contributed by atoms with Gasteiger partial charge in [-0.2, -0.15) is 0 Å². The molecule has 0 spiro atoms. The molecule has 0 aliphatic carbocycles. The van der Waals surface area contributed by atoms with Gasteiger partial charge in [0, 0.05) is 5.54 Å². The van der Waals surface area contributed by atoms with Gasteiger partial charge in [-0.1, -0.05) is 50.1 Å². The Hall–Kier alpha value is -0.820. The van der Waals surface area contributed by atoms with Gasteiger partial charge in [-0.3, -0.25) is 0 Å². The number of rotatable bonds is 4. The van der Waals surface area contributed by atoms with Crippen LogP contribution in [0.4, 0.5) is 0 Å². The largest absolute Gasteiger partial charge is 0.311 e. The first-order valence-corrected chi connectivity index (χ1v) is 7.14. The lowest BCUT2D eigenvalue weighted by molar-refractivity contribution is 0.283. The van der Waals surface area contributed by atoms with Crippen molar-refractivity contribution >= 4 is 0 Å². The summed E-state index contributed by atoms with van der Waals surface area (Å²) in [5.41, 5.74) is 1.89. The smallest absolute Gasteiger partial charge is 0.0182 e. The highest BCUT2D eigenvalue weighted by molar-refractivity contribution is 5.15. The fourth-order valence-electron chi connectivity index (χ4n) is 2.93. The molecule has 1 N–H and O–H groups in total. The Morgan fingerprint density at radius 2 is 1.94 bits per heavy atom. The maximum atomic E-state index is 3.82. The van der Waals surface area contributed by atoms with Crippen molar-refractivity contribution < 1.29 is 0 Å². The van der Waals surface area contributed by atoms with Gasteiger partial charge in [0.15, 0.2) is 0 Å². The van der Waals surface area contributed by atoms with Gasteiger partial charge >= 0.3 is 0 Å². The van der Waals surface area contributed by atoms with E-state index in [1.807, 2.05) is 0 Å². The van der Waals surface area contributed by atoms with E-state index in [1.165, 1.54) is 57.1 Å². The normalized spacial score (nSPS) is 25.5. The van der Waals surface area contributed by atoms with Crippen LogP contribution in [0.2, 0.25) is 0 Å². The first-order valence-electron chi connectivity index (χ1n) is 7.14. The van der Waals surface area contributed by atoms with Crippen LogP contribution in [0.15, 0.2) is 30.3 Å². The number of hydrogen-bond donors (Lipinski definition) is 1. The standard InChI is InChI=1S/C16H25N/c1-2-16(12-7-4-8-14-17-16)13-11-15-9-5-3-6-10-15/h3,5-6,9-10,17H,2,4,7-8,11-14H2,1H3. The van der Waals surface area contributed by atoms with Crippen molar-refractivity contribution in [1.29, 1.82) is 0 Å². The second-order valence-corrected chi connectivity index (χ2v) is 5.36. The van der Waals surface area contributed by atoms with Gasteiger partial charge in [-0.25, -0.2) is 0 Å². The van der Waals surface area contributed by atoms with Gasteiger partial charge in [0.2, 0.25) is 0 Å². The summed E-state index contributed by atoms with van der Waals surface area (Å²) >= 11 is 0.